The molecule has 1 amide bonds. The van der Waals surface area contributed by atoms with Crippen LogP contribution < -0.4 is 10.6 Å². The lowest BCUT2D eigenvalue weighted by Crippen LogP contribution is -2.31. The number of benzene rings is 3. The molecule has 0 saturated carbocycles. The number of nitrogens with zero attached hydrogens (tertiary/aromatic N) is 1. The highest BCUT2D eigenvalue weighted by Gasteiger charge is 2.13. The highest BCUT2D eigenvalue weighted by atomic mass is 32.1. The van der Waals surface area contributed by atoms with E-state index in [1.54, 1.807) is 18.3 Å². The summed E-state index contributed by atoms with van der Waals surface area (Å²) in [7, 11) is 0. The molecular weight excluding hydrogens is 394 g/mol. The number of aliphatic hydroxyl groups is 1. The Labute approximate surface area is 179 Å². The van der Waals surface area contributed by atoms with Gasteiger partial charge in [-0.25, -0.2) is 4.98 Å². The lowest BCUT2D eigenvalue weighted by atomic mass is 10.2. The Morgan fingerprint density at radius 3 is 2.63 bits per heavy atom. The number of thiazole rings is 1. The van der Waals surface area contributed by atoms with E-state index in [4.69, 9.17) is 4.98 Å². The largest absolute Gasteiger partial charge is 0.392 e. The number of nitrogens with one attached hydrogen (secondary N) is 2. The van der Waals surface area contributed by atoms with Crippen molar-refractivity contribution in [2.45, 2.75) is 26.5 Å². The lowest BCUT2D eigenvalue weighted by molar-refractivity contribution is -0.116. The molecule has 0 fully saturated rings. The monoisotopic (exact) mass is 417 g/mol. The number of carbonyl (C=O) groups excluding carboxylic acids is 1. The van der Waals surface area contributed by atoms with Crippen molar-refractivity contribution < 1.29 is 9.90 Å². The highest BCUT2D eigenvalue weighted by molar-refractivity contribution is 7.21. The summed E-state index contributed by atoms with van der Waals surface area (Å²) in [6.07, 6.45) is 0. The number of hydrogen-bond acceptors (Lipinski definition) is 5. The minimum Gasteiger partial charge on any atom is -0.392 e. The molecule has 0 aliphatic heterocycles. The third-order valence-corrected chi connectivity index (χ3v) is 5.90. The smallest absolute Gasteiger partial charge is 0.246 e. The van der Waals surface area contributed by atoms with Crippen LogP contribution in [0, 0.1) is 6.92 Å². The molecular formula is C24H23N3O2S. The van der Waals surface area contributed by atoms with E-state index in [-0.39, 0.29) is 12.5 Å². The van der Waals surface area contributed by atoms with Crippen molar-refractivity contribution in [2.24, 2.45) is 0 Å². The first-order chi connectivity index (χ1) is 14.5. The predicted molar refractivity (Wildman–Crippen MR) is 124 cm³/mol. The summed E-state index contributed by atoms with van der Waals surface area (Å²) in [5, 5.41) is 16.3. The van der Waals surface area contributed by atoms with E-state index in [1.165, 1.54) is 10.3 Å². The van der Waals surface area contributed by atoms with E-state index in [2.05, 4.69) is 29.7 Å². The molecule has 4 aromatic rings. The van der Waals surface area contributed by atoms with Crippen LogP contribution in [0.1, 0.15) is 18.1 Å². The average molecular weight is 418 g/mol. The van der Waals surface area contributed by atoms with Gasteiger partial charge in [0.1, 0.15) is 11.0 Å². The van der Waals surface area contributed by atoms with Gasteiger partial charge in [0.25, 0.3) is 0 Å². The molecule has 1 aromatic heterocycles. The van der Waals surface area contributed by atoms with Crippen molar-refractivity contribution in [3.05, 3.63) is 77.9 Å². The second kappa shape index (κ2) is 8.65. The molecule has 0 saturated heterocycles. The Bertz CT molecular complexity index is 1180. The van der Waals surface area contributed by atoms with Gasteiger partial charge in [0.2, 0.25) is 5.91 Å². The van der Waals surface area contributed by atoms with Gasteiger partial charge in [-0.15, -0.1) is 11.3 Å². The van der Waals surface area contributed by atoms with Crippen molar-refractivity contribution in [1.82, 2.24) is 4.98 Å². The van der Waals surface area contributed by atoms with Crippen LogP contribution in [-0.2, 0) is 11.4 Å². The summed E-state index contributed by atoms with van der Waals surface area (Å²) in [4.78, 5) is 17.2. The standard InChI is InChI=1S/C24H23N3O2S/c1-15-6-11-21-22(12-15)30-24(27-21)18-7-9-19(10-8-18)26-23(29)16(2)25-20-5-3-4-17(13-20)14-28/h3-13,16,25,28H,14H2,1-2H3,(H,26,29). The molecule has 5 nitrogen and oxygen atoms in total. The Balaban J connectivity index is 1.42. The minimum absolute atomic E-state index is 0.0310. The molecule has 3 N–H and O–H groups in total. The number of aliphatic hydroxyl groups excluding tert-OH is 1. The summed E-state index contributed by atoms with van der Waals surface area (Å²) < 4.78 is 1.17. The van der Waals surface area contributed by atoms with Crippen LogP contribution in [0.5, 0.6) is 0 Å². The molecule has 0 spiro atoms. The molecule has 0 bridgehead atoms. The van der Waals surface area contributed by atoms with Crippen LogP contribution in [0.3, 0.4) is 0 Å². The van der Waals surface area contributed by atoms with Gasteiger partial charge in [-0.1, -0.05) is 18.2 Å². The third-order valence-electron chi connectivity index (χ3n) is 4.83. The molecule has 30 heavy (non-hydrogen) atoms. The Kier molecular flexibility index (Phi) is 5.79. The number of aromatic nitrogens is 1. The molecule has 1 heterocycles. The van der Waals surface area contributed by atoms with Crippen LogP contribution in [0.2, 0.25) is 0 Å². The number of rotatable bonds is 6. The quantitative estimate of drug-likeness (QED) is 0.403. The second-order valence-electron chi connectivity index (χ2n) is 7.28. The maximum absolute atomic E-state index is 12.5. The topological polar surface area (TPSA) is 74.2 Å². The number of hydrogen-bond donors (Lipinski definition) is 3. The average Bonchev–Trinajstić information content (AvgIpc) is 3.17. The molecule has 0 aliphatic rings. The van der Waals surface area contributed by atoms with E-state index in [0.717, 1.165) is 33.0 Å². The van der Waals surface area contributed by atoms with Crippen molar-refractivity contribution in [2.75, 3.05) is 10.6 Å². The van der Waals surface area contributed by atoms with Crippen molar-refractivity contribution in [1.29, 1.82) is 0 Å². The fourth-order valence-electron chi connectivity index (χ4n) is 3.18. The number of anilines is 2. The molecule has 3 aromatic carbocycles. The van der Waals surface area contributed by atoms with Gasteiger partial charge >= 0.3 is 0 Å². The summed E-state index contributed by atoms with van der Waals surface area (Å²) in [6.45, 7) is 3.85. The third kappa shape index (κ3) is 4.50. The Morgan fingerprint density at radius 1 is 1.07 bits per heavy atom. The van der Waals surface area contributed by atoms with Crippen LogP contribution in [0.4, 0.5) is 11.4 Å². The van der Waals surface area contributed by atoms with Gasteiger partial charge in [-0.3, -0.25) is 4.79 Å². The fraction of sp³-hybridized carbons (Fsp3) is 0.167. The van der Waals surface area contributed by atoms with Gasteiger partial charge in [-0.2, -0.15) is 0 Å². The first-order valence-electron chi connectivity index (χ1n) is 9.76. The van der Waals surface area contributed by atoms with Gasteiger partial charge in [-0.05, 0) is 73.5 Å². The molecule has 0 radical (unpaired) electrons. The predicted octanol–water partition coefficient (Wildman–Crippen LogP) is 5.20. The minimum atomic E-state index is -0.425. The molecule has 0 aliphatic carbocycles. The molecule has 152 valence electrons. The van der Waals surface area contributed by atoms with E-state index in [1.807, 2.05) is 54.6 Å². The van der Waals surface area contributed by atoms with Crippen LogP contribution in [0.25, 0.3) is 20.8 Å². The van der Waals surface area contributed by atoms with Crippen molar-refractivity contribution >= 4 is 38.8 Å². The van der Waals surface area contributed by atoms with Crippen LogP contribution in [0.15, 0.2) is 66.7 Å². The van der Waals surface area contributed by atoms with Crippen molar-refractivity contribution in [3.63, 3.8) is 0 Å². The van der Waals surface area contributed by atoms with E-state index in [0.29, 0.717) is 0 Å². The number of amides is 1. The molecule has 6 heteroatoms. The van der Waals surface area contributed by atoms with E-state index >= 15 is 0 Å². The maximum Gasteiger partial charge on any atom is 0.246 e. The Morgan fingerprint density at radius 2 is 1.87 bits per heavy atom. The summed E-state index contributed by atoms with van der Waals surface area (Å²) in [5.41, 5.74) is 5.58. The van der Waals surface area contributed by atoms with Gasteiger partial charge in [0.05, 0.1) is 16.8 Å². The lowest BCUT2D eigenvalue weighted by Gasteiger charge is -2.16. The van der Waals surface area contributed by atoms with Gasteiger partial charge < -0.3 is 15.7 Å². The second-order valence-corrected chi connectivity index (χ2v) is 8.31. The summed E-state index contributed by atoms with van der Waals surface area (Å²) in [5.74, 6) is -0.132. The summed E-state index contributed by atoms with van der Waals surface area (Å²) >= 11 is 1.67. The van der Waals surface area contributed by atoms with Gasteiger partial charge in [0, 0.05) is 16.9 Å². The van der Waals surface area contributed by atoms with Crippen LogP contribution in [-0.4, -0.2) is 22.0 Å². The van der Waals surface area contributed by atoms with Crippen molar-refractivity contribution in [3.8, 4) is 10.6 Å². The fourth-order valence-corrected chi connectivity index (χ4v) is 4.25. The first-order valence-corrected chi connectivity index (χ1v) is 10.6. The zero-order valence-electron chi connectivity index (χ0n) is 16.8. The SMILES string of the molecule is Cc1ccc2nc(-c3ccc(NC(=O)C(C)Nc4cccc(CO)c4)cc3)sc2c1. The highest BCUT2D eigenvalue weighted by Crippen LogP contribution is 2.31. The number of fused-ring (bicyclic) bond motifs is 1. The zero-order valence-corrected chi connectivity index (χ0v) is 17.7. The maximum atomic E-state index is 12.5. The molecule has 1 unspecified atom stereocenters. The normalized spacial score (nSPS) is 12.0. The van der Waals surface area contributed by atoms with E-state index in [9.17, 15) is 9.90 Å². The molecule has 1 atom stereocenters. The number of aryl methyl sites for hydroxylation is 1. The van der Waals surface area contributed by atoms with E-state index < -0.39 is 6.04 Å². The van der Waals surface area contributed by atoms with Gasteiger partial charge in [0.15, 0.2) is 0 Å². The molecule has 4 rings (SSSR count). The first kappa shape index (κ1) is 20.1. The Hall–Kier alpha value is -3.22. The summed E-state index contributed by atoms with van der Waals surface area (Å²) in [6, 6.07) is 21.0. The number of carbonyl (C=O) groups is 1. The van der Waals surface area contributed by atoms with Crippen LogP contribution >= 0.6 is 11.3 Å². The zero-order chi connectivity index (χ0) is 21.1.